The van der Waals surface area contributed by atoms with Gasteiger partial charge in [-0.15, -0.1) is 0 Å². The van der Waals surface area contributed by atoms with Crippen molar-refractivity contribution in [2.24, 2.45) is 0 Å². The van der Waals surface area contributed by atoms with Gasteiger partial charge in [-0.2, -0.15) is 0 Å². The molecule has 0 saturated carbocycles. The summed E-state index contributed by atoms with van der Waals surface area (Å²) in [5.41, 5.74) is 5.83. The molecule has 2 nitrogen and oxygen atoms in total. The average Bonchev–Trinajstić information content (AvgIpc) is 2.94. The first-order valence-electron chi connectivity index (χ1n) is 12.1. The van der Waals surface area contributed by atoms with Crippen molar-refractivity contribution in [3.05, 3.63) is 78.5 Å². The molecule has 4 heteroatoms. The average molecular weight is 480 g/mol. The SMILES string of the molecule is CC(C)(C)c1cc(-c2cc(-c3ccc4c(c3)[Si](C)(C)C(=O)[Si]4(C)C)ccn2)cc2ccccc12. The zero-order valence-corrected chi connectivity index (χ0v) is 23.3. The number of benzene rings is 3. The molecule has 0 saturated heterocycles. The van der Waals surface area contributed by atoms with Gasteiger partial charge in [-0.1, -0.05) is 99.8 Å². The Kier molecular flexibility index (Phi) is 5.12. The van der Waals surface area contributed by atoms with E-state index in [-0.39, 0.29) is 5.41 Å². The van der Waals surface area contributed by atoms with Gasteiger partial charge in [-0.05, 0) is 57.1 Å². The number of hydrogen-bond acceptors (Lipinski definition) is 2. The summed E-state index contributed by atoms with van der Waals surface area (Å²) in [4.78, 5) is 18.0. The number of carbonyl (C=O) groups excluding carboxylic acids is 1. The van der Waals surface area contributed by atoms with Gasteiger partial charge in [0, 0.05) is 11.8 Å². The lowest BCUT2D eigenvalue weighted by Gasteiger charge is -2.23. The number of pyridine rings is 1. The van der Waals surface area contributed by atoms with E-state index >= 15 is 0 Å². The van der Waals surface area contributed by atoms with Gasteiger partial charge in [0.05, 0.1) is 5.69 Å². The van der Waals surface area contributed by atoms with Crippen LogP contribution in [0.25, 0.3) is 33.2 Å². The maximum atomic E-state index is 13.2. The molecule has 34 heavy (non-hydrogen) atoms. The Morgan fingerprint density at radius 3 is 2.12 bits per heavy atom. The van der Waals surface area contributed by atoms with Crippen LogP contribution >= 0.6 is 0 Å². The summed E-state index contributed by atoms with van der Waals surface area (Å²) in [5, 5.41) is 5.79. The van der Waals surface area contributed by atoms with Gasteiger partial charge in [-0.3, -0.25) is 4.98 Å². The standard InChI is InChI=1S/C30H33NOSi2/c1-30(2,3)25-17-23(16-22-10-8-9-11-24(22)25)26-18-21(14-15-31-26)20-12-13-27-28(19-20)34(6,7)29(32)33(27,4)5/h8-19H,1-7H3. The Labute approximate surface area is 205 Å². The molecule has 0 aliphatic carbocycles. The van der Waals surface area contributed by atoms with Crippen molar-refractivity contribution in [1.29, 1.82) is 0 Å². The normalized spacial score (nSPS) is 16.6. The highest BCUT2D eigenvalue weighted by Crippen LogP contribution is 2.35. The first kappa shape index (κ1) is 22.9. The molecule has 4 aromatic rings. The van der Waals surface area contributed by atoms with Crippen LogP contribution < -0.4 is 10.4 Å². The number of aromatic nitrogens is 1. The molecule has 1 aliphatic heterocycles. The van der Waals surface area contributed by atoms with Crippen LogP contribution in [0.15, 0.2) is 72.9 Å². The second-order valence-electron chi connectivity index (χ2n) is 11.8. The molecular formula is C30H33NOSi2. The van der Waals surface area contributed by atoms with Gasteiger partial charge in [0.1, 0.15) is 5.03 Å². The van der Waals surface area contributed by atoms with E-state index in [9.17, 15) is 4.79 Å². The van der Waals surface area contributed by atoms with Gasteiger partial charge in [0.15, 0.2) is 16.1 Å². The second kappa shape index (κ2) is 7.59. The van der Waals surface area contributed by atoms with Crippen LogP contribution in [0.2, 0.25) is 26.2 Å². The minimum Gasteiger partial charge on any atom is -0.310 e. The number of fused-ring (bicyclic) bond motifs is 2. The van der Waals surface area contributed by atoms with E-state index in [0.717, 1.165) is 16.8 Å². The minimum absolute atomic E-state index is 0.0344. The van der Waals surface area contributed by atoms with Crippen molar-refractivity contribution in [1.82, 2.24) is 4.98 Å². The molecule has 0 unspecified atom stereocenters. The fourth-order valence-corrected chi connectivity index (χ4v) is 17.6. The van der Waals surface area contributed by atoms with Crippen molar-refractivity contribution >= 4 is 42.3 Å². The first-order valence-corrected chi connectivity index (χ1v) is 18.1. The number of nitrogens with zero attached hydrogens (tertiary/aromatic N) is 1. The lowest BCUT2D eigenvalue weighted by molar-refractivity contribution is 0.272. The van der Waals surface area contributed by atoms with Gasteiger partial charge in [0.25, 0.3) is 0 Å². The van der Waals surface area contributed by atoms with Crippen LogP contribution in [0.3, 0.4) is 0 Å². The molecular weight excluding hydrogens is 447 g/mol. The maximum absolute atomic E-state index is 13.2. The van der Waals surface area contributed by atoms with E-state index in [1.807, 2.05) is 6.20 Å². The summed E-state index contributed by atoms with van der Waals surface area (Å²) in [6.07, 6.45) is 1.91. The fraction of sp³-hybridized carbons (Fsp3) is 0.267. The highest BCUT2D eigenvalue weighted by molar-refractivity contribution is 7.44. The molecule has 0 bridgehead atoms. The third-order valence-electron chi connectivity index (χ3n) is 7.56. The molecule has 0 spiro atoms. The maximum Gasteiger partial charge on any atom is 0.151 e. The zero-order valence-electron chi connectivity index (χ0n) is 21.3. The highest BCUT2D eigenvalue weighted by Gasteiger charge is 2.53. The molecule has 5 rings (SSSR count). The van der Waals surface area contributed by atoms with E-state index in [4.69, 9.17) is 4.98 Å². The Morgan fingerprint density at radius 2 is 1.38 bits per heavy atom. The molecule has 2 heterocycles. The Balaban J connectivity index is 1.64. The van der Waals surface area contributed by atoms with Crippen LogP contribution in [-0.2, 0) is 5.41 Å². The number of hydrogen-bond donors (Lipinski definition) is 0. The molecule has 1 aromatic heterocycles. The number of carbonyl (C=O) groups is 1. The largest absolute Gasteiger partial charge is 0.310 e. The molecule has 0 amide bonds. The molecule has 0 N–H and O–H groups in total. The van der Waals surface area contributed by atoms with Crippen molar-refractivity contribution < 1.29 is 4.79 Å². The van der Waals surface area contributed by atoms with Crippen molar-refractivity contribution in [2.45, 2.75) is 52.4 Å². The topological polar surface area (TPSA) is 30.0 Å². The molecule has 3 aromatic carbocycles. The van der Waals surface area contributed by atoms with Crippen LogP contribution in [0.5, 0.6) is 0 Å². The molecule has 0 radical (unpaired) electrons. The van der Waals surface area contributed by atoms with Gasteiger partial charge in [-0.25, -0.2) is 0 Å². The first-order chi connectivity index (χ1) is 15.9. The summed E-state index contributed by atoms with van der Waals surface area (Å²) in [6.45, 7) is 15.7. The predicted octanol–water partition coefficient (Wildman–Crippen LogP) is 6.99. The van der Waals surface area contributed by atoms with Crippen LogP contribution in [0.1, 0.15) is 26.3 Å². The molecule has 172 valence electrons. The summed E-state index contributed by atoms with van der Waals surface area (Å²) in [5.74, 6) is 0. The van der Waals surface area contributed by atoms with Gasteiger partial charge >= 0.3 is 0 Å². The minimum atomic E-state index is -2.09. The van der Waals surface area contributed by atoms with Crippen molar-refractivity contribution in [3.8, 4) is 22.4 Å². The van der Waals surface area contributed by atoms with Crippen molar-refractivity contribution in [2.75, 3.05) is 0 Å². The summed E-state index contributed by atoms with van der Waals surface area (Å²) >= 11 is 0. The lowest BCUT2D eigenvalue weighted by Crippen LogP contribution is -2.49. The Bertz CT molecular complexity index is 1460. The Morgan fingerprint density at radius 1 is 0.706 bits per heavy atom. The summed E-state index contributed by atoms with van der Waals surface area (Å²) in [6, 6.07) is 24.2. The van der Waals surface area contributed by atoms with E-state index in [1.165, 1.54) is 32.3 Å². The monoisotopic (exact) mass is 479 g/mol. The fourth-order valence-electron chi connectivity index (χ4n) is 5.66. The molecule has 0 atom stereocenters. The summed E-state index contributed by atoms with van der Waals surface area (Å²) in [7, 11) is -4.12. The number of rotatable bonds is 2. The van der Waals surface area contributed by atoms with Crippen molar-refractivity contribution in [3.63, 3.8) is 0 Å². The second-order valence-corrected chi connectivity index (χ2v) is 20.7. The third kappa shape index (κ3) is 3.51. The van der Waals surface area contributed by atoms with Gasteiger partial charge in [0.2, 0.25) is 0 Å². The highest BCUT2D eigenvalue weighted by atomic mass is 28.4. The Hall–Kier alpha value is -2.83. The van der Waals surface area contributed by atoms with E-state index in [2.05, 4.69) is 114 Å². The van der Waals surface area contributed by atoms with E-state index < -0.39 is 16.1 Å². The quantitative estimate of drug-likeness (QED) is 0.290. The summed E-state index contributed by atoms with van der Waals surface area (Å²) < 4.78 is 0. The molecule has 1 aliphatic rings. The van der Waals surface area contributed by atoms with Gasteiger partial charge < -0.3 is 4.79 Å². The van der Waals surface area contributed by atoms with E-state index in [0.29, 0.717) is 5.03 Å². The molecule has 0 fully saturated rings. The van der Waals surface area contributed by atoms with E-state index in [1.54, 1.807) is 0 Å². The predicted molar refractivity (Wildman–Crippen MR) is 151 cm³/mol. The zero-order chi connectivity index (χ0) is 24.5. The lowest BCUT2D eigenvalue weighted by atomic mass is 9.82. The van der Waals surface area contributed by atoms with Crippen LogP contribution in [0.4, 0.5) is 4.79 Å². The smallest absolute Gasteiger partial charge is 0.151 e. The third-order valence-corrected chi connectivity index (χ3v) is 17.4. The van der Waals surface area contributed by atoms with Crippen LogP contribution in [-0.4, -0.2) is 26.2 Å². The van der Waals surface area contributed by atoms with Crippen LogP contribution in [0, 0.1) is 0 Å².